The van der Waals surface area contributed by atoms with Crippen molar-refractivity contribution in [2.24, 2.45) is 17.6 Å². The Kier molecular flexibility index (Phi) is 14.3. The van der Waals surface area contributed by atoms with Crippen molar-refractivity contribution < 1.29 is 23.9 Å². The van der Waals surface area contributed by atoms with Crippen molar-refractivity contribution in [3.8, 4) is 0 Å². The zero-order chi connectivity index (χ0) is 23.1. The van der Waals surface area contributed by atoms with Crippen LogP contribution in [0.3, 0.4) is 0 Å². The molecular formula is C20H39N5O5. The number of hydrogen-bond acceptors (Lipinski definition) is 6. The second-order valence-electron chi connectivity index (χ2n) is 7.98. The summed E-state index contributed by atoms with van der Waals surface area (Å²) in [4.78, 5) is 48.1. The van der Waals surface area contributed by atoms with Crippen molar-refractivity contribution >= 4 is 23.8 Å². The van der Waals surface area contributed by atoms with Gasteiger partial charge in [-0.3, -0.25) is 14.4 Å². The highest BCUT2D eigenvalue weighted by molar-refractivity contribution is 5.92. The number of nitrogens with two attached hydrogens (primary N) is 1. The molecule has 0 spiro atoms. The number of unbranched alkanes of at least 4 members (excludes halogenated alkanes) is 1. The molecule has 0 radical (unpaired) electrons. The van der Waals surface area contributed by atoms with E-state index in [0.717, 1.165) is 6.42 Å². The van der Waals surface area contributed by atoms with E-state index in [1.165, 1.54) is 0 Å². The Labute approximate surface area is 179 Å². The zero-order valence-electron chi connectivity index (χ0n) is 18.9. The molecule has 0 saturated carbocycles. The number of hydrogen-bond donors (Lipinski definition) is 5. The van der Waals surface area contributed by atoms with E-state index in [9.17, 15) is 19.2 Å². The first-order valence-electron chi connectivity index (χ1n) is 10.6. The van der Waals surface area contributed by atoms with Crippen LogP contribution in [0.1, 0.15) is 53.9 Å². The molecule has 0 aromatic rings. The molecule has 174 valence electrons. The second kappa shape index (κ2) is 15.5. The minimum Gasteiger partial charge on any atom is -0.449 e. The summed E-state index contributed by atoms with van der Waals surface area (Å²) < 4.78 is 4.96. The van der Waals surface area contributed by atoms with Gasteiger partial charge >= 0.3 is 6.09 Å². The van der Waals surface area contributed by atoms with Gasteiger partial charge in [0.2, 0.25) is 17.7 Å². The Morgan fingerprint density at radius 1 is 0.867 bits per heavy atom. The fourth-order valence-electron chi connectivity index (χ4n) is 2.38. The first-order valence-corrected chi connectivity index (χ1v) is 10.6. The molecule has 10 heteroatoms. The predicted octanol–water partition coefficient (Wildman–Crippen LogP) is 0.259. The molecule has 0 heterocycles. The highest BCUT2D eigenvalue weighted by Crippen LogP contribution is 2.04. The number of carbonyl (C=O) groups excluding carboxylic acids is 4. The molecule has 4 amide bonds. The molecule has 2 atom stereocenters. The van der Waals surface area contributed by atoms with Crippen LogP contribution >= 0.6 is 0 Å². The van der Waals surface area contributed by atoms with Crippen LogP contribution in [0.25, 0.3) is 0 Å². The molecule has 1 unspecified atom stereocenters. The Morgan fingerprint density at radius 3 is 2.07 bits per heavy atom. The van der Waals surface area contributed by atoms with E-state index in [1.807, 2.05) is 27.7 Å². The quantitative estimate of drug-likeness (QED) is 0.250. The number of nitrogens with one attached hydrogen (secondary N) is 4. The normalized spacial score (nSPS) is 12.8. The van der Waals surface area contributed by atoms with E-state index in [2.05, 4.69) is 21.3 Å². The monoisotopic (exact) mass is 429 g/mol. The molecule has 0 bridgehead atoms. The summed E-state index contributed by atoms with van der Waals surface area (Å²) in [6.45, 7) is 10.3. The van der Waals surface area contributed by atoms with Gasteiger partial charge in [0.1, 0.15) is 12.1 Å². The lowest BCUT2D eigenvalue weighted by Crippen LogP contribution is -2.54. The Hall–Kier alpha value is -2.36. The van der Waals surface area contributed by atoms with Gasteiger partial charge in [0.15, 0.2) is 0 Å². The minimum absolute atomic E-state index is 0.139. The van der Waals surface area contributed by atoms with Crippen molar-refractivity contribution in [1.29, 1.82) is 0 Å². The average molecular weight is 430 g/mol. The molecule has 10 nitrogen and oxygen atoms in total. The lowest BCUT2D eigenvalue weighted by molar-refractivity contribution is -0.132. The highest BCUT2D eigenvalue weighted by atomic mass is 16.5. The van der Waals surface area contributed by atoms with E-state index < -0.39 is 30.0 Å². The van der Waals surface area contributed by atoms with E-state index >= 15 is 0 Å². The van der Waals surface area contributed by atoms with Crippen molar-refractivity contribution in [3.63, 3.8) is 0 Å². The maximum absolute atomic E-state index is 12.5. The van der Waals surface area contributed by atoms with E-state index in [0.29, 0.717) is 26.0 Å². The summed E-state index contributed by atoms with van der Waals surface area (Å²) in [6, 6.07) is -1.52. The van der Waals surface area contributed by atoms with Crippen LogP contribution in [0.2, 0.25) is 0 Å². The maximum atomic E-state index is 12.5. The molecule has 0 saturated heterocycles. The topological polar surface area (TPSA) is 152 Å². The molecule has 30 heavy (non-hydrogen) atoms. The summed E-state index contributed by atoms with van der Waals surface area (Å²) in [5.41, 5.74) is 5.42. The van der Waals surface area contributed by atoms with Crippen LogP contribution in [0.15, 0.2) is 0 Å². The molecule has 0 fully saturated rings. The standard InChI is InChI=1S/C20H39N5O5/c1-13(2)12-30-20(29)23-11-10-22-18(27)15(5)24-19(28)17(14(3)4)25-16(26)8-6-7-9-21/h13-15,17H,6-12,21H2,1-5H3,(H,22,27)(H,23,29)(H,24,28)(H,25,26)/t15-,17?/m0/s1. The predicted molar refractivity (Wildman–Crippen MR) is 114 cm³/mol. The third-order valence-electron chi connectivity index (χ3n) is 4.12. The molecular weight excluding hydrogens is 390 g/mol. The molecule has 6 N–H and O–H groups in total. The Bertz CT molecular complexity index is 554. The van der Waals surface area contributed by atoms with Crippen molar-refractivity contribution in [2.75, 3.05) is 26.2 Å². The van der Waals surface area contributed by atoms with Crippen molar-refractivity contribution in [1.82, 2.24) is 21.3 Å². The zero-order valence-corrected chi connectivity index (χ0v) is 18.9. The van der Waals surface area contributed by atoms with Crippen molar-refractivity contribution in [2.45, 2.75) is 66.0 Å². The number of carbonyl (C=O) groups is 4. The van der Waals surface area contributed by atoms with Crippen LogP contribution in [-0.4, -0.2) is 62.1 Å². The highest BCUT2D eigenvalue weighted by Gasteiger charge is 2.26. The third-order valence-corrected chi connectivity index (χ3v) is 4.12. The summed E-state index contributed by atoms with van der Waals surface area (Å²) >= 11 is 0. The minimum atomic E-state index is -0.791. The second-order valence-corrected chi connectivity index (χ2v) is 7.98. The van der Waals surface area contributed by atoms with Gasteiger partial charge in [-0.25, -0.2) is 4.79 Å². The van der Waals surface area contributed by atoms with Gasteiger partial charge in [-0.05, 0) is 38.1 Å². The molecule has 0 aromatic carbocycles. The molecule has 0 aromatic heterocycles. The number of alkyl carbamates (subject to hydrolysis) is 1. The van der Waals surface area contributed by atoms with Crippen LogP contribution in [0.5, 0.6) is 0 Å². The van der Waals surface area contributed by atoms with Gasteiger partial charge < -0.3 is 31.7 Å². The van der Waals surface area contributed by atoms with E-state index in [-0.39, 0.29) is 30.8 Å². The molecule has 0 aliphatic heterocycles. The van der Waals surface area contributed by atoms with Crippen LogP contribution in [0, 0.1) is 11.8 Å². The smallest absolute Gasteiger partial charge is 0.407 e. The molecule has 0 aliphatic rings. The first kappa shape index (κ1) is 27.6. The van der Waals surface area contributed by atoms with Gasteiger partial charge in [0.25, 0.3) is 0 Å². The van der Waals surface area contributed by atoms with Gasteiger partial charge in [-0.1, -0.05) is 27.7 Å². The lowest BCUT2D eigenvalue weighted by Gasteiger charge is -2.24. The number of rotatable bonds is 14. The van der Waals surface area contributed by atoms with Gasteiger partial charge in [-0.2, -0.15) is 0 Å². The third kappa shape index (κ3) is 13.0. The molecule has 0 aliphatic carbocycles. The molecule has 0 rings (SSSR count). The van der Waals surface area contributed by atoms with Crippen LogP contribution in [0.4, 0.5) is 4.79 Å². The number of amides is 4. The van der Waals surface area contributed by atoms with Gasteiger partial charge in [-0.15, -0.1) is 0 Å². The summed E-state index contributed by atoms with van der Waals surface area (Å²) in [6.07, 6.45) is 1.16. The van der Waals surface area contributed by atoms with Gasteiger partial charge in [0.05, 0.1) is 6.61 Å². The largest absolute Gasteiger partial charge is 0.449 e. The number of ether oxygens (including phenoxy) is 1. The van der Waals surface area contributed by atoms with E-state index in [1.54, 1.807) is 6.92 Å². The summed E-state index contributed by atoms with van der Waals surface area (Å²) in [7, 11) is 0. The van der Waals surface area contributed by atoms with Crippen LogP contribution in [-0.2, 0) is 19.1 Å². The van der Waals surface area contributed by atoms with Gasteiger partial charge in [0, 0.05) is 19.5 Å². The first-order chi connectivity index (χ1) is 14.1. The Morgan fingerprint density at radius 2 is 1.50 bits per heavy atom. The van der Waals surface area contributed by atoms with Crippen molar-refractivity contribution in [3.05, 3.63) is 0 Å². The SMILES string of the molecule is CC(C)COC(=O)NCCNC(=O)[C@H](C)NC(=O)C(NC(=O)CCCCN)C(C)C. The lowest BCUT2D eigenvalue weighted by atomic mass is 10.0. The maximum Gasteiger partial charge on any atom is 0.407 e. The summed E-state index contributed by atoms with van der Waals surface area (Å²) in [5, 5.41) is 10.5. The Balaban J connectivity index is 4.34. The fourth-order valence-corrected chi connectivity index (χ4v) is 2.38. The van der Waals surface area contributed by atoms with E-state index in [4.69, 9.17) is 10.5 Å². The average Bonchev–Trinajstić information content (AvgIpc) is 2.67. The van der Waals surface area contributed by atoms with Crippen LogP contribution < -0.4 is 27.0 Å². The summed E-state index contributed by atoms with van der Waals surface area (Å²) in [5.74, 6) is -0.928. The fraction of sp³-hybridized carbons (Fsp3) is 0.800.